The number of hydrogen-bond acceptors (Lipinski definition) is 5. The SMILES string of the molecule is O=C(N[C@@H](CC1CC1)C(=O)NC(C(=O)O)c1cccs1)OCC1c2ccccc2-c2ccccc21. The summed E-state index contributed by atoms with van der Waals surface area (Å²) in [6.07, 6.45) is 1.75. The Hall–Kier alpha value is -3.65. The fraction of sp³-hybridized carbons (Fsp3) is 0.296. The summed E-state index contributed by atoms with van der Waals surface area (Å²) in [5.41, 5.74) is 4.48. The number of hydrogen-bond donors (Lipinski definition) is 3. The highest BCUT2D eigenvalue weighted by atomic mass is 32.1. The number of carboxylic acids is 1. The number of carbonyl (C=O) groups is 3. The van der Waals surface area contributed by atoms with Gasteiger partial charge in [-0.3, -0.25) is 4.79 Å². The minimum Gasteiger partial charge on any atom is -0.479 e. The van der Waals surface area contributed by atoms with Gasteiger partial charge in [0, 0.05) is 10.8 Å². The van der Waals surface area contributed by atoms with Crippen molar-refractivity contribution < 1.29 is 24.2 Å². The molecular weight excluding hydrogens is 464 g/mol. The molecule has 5 rings (SSSR count). The van der Waals surface area contributed by atoms with Gasteiger partial charge in [0.25, 0.3) is 0 Å². The van der Waals surface area contributed by atoms with E-state index >= 15 is 0 Å². The van der Waals surface area contributed by atoms with Crippen LogP contribution >= 0.6 is 11.3 Å². The number of rotatable bonds is 9. The van der Waals surface area contributed by atoms with E-state index in [9.17, 15) is 19.5 Å². The standard InChI is InChI=1S/C27H26N2O5S/c30-25(29-24(26(31)32)23-10-5-13-35-23)22(14-16-11-12-16)28-27(33)34-15-21-19-8-3-1-6-17(19)18-7-2-4-9-20(18)21/h1-10,13,16,21-22,24H,11-12,14-15H2,(H,28,33)(H,29,30)(H,31,32)/t22-,24?/m0/s1. The van der Waals surface area contributed by atoms with E-state index in [1.54, 1.807) is 17.5 Å². The highest BCUT2D eigenvalue weighted by Gasteiger charge is 2.34. The Morgan fingerprint density at radius 3 is 2.17 bits per heavy atom. The van der Waals surface area contributed by atoms with Crippen molar-refractivity contribution in [1.29, 1.82) is 0 Å². The Kier molecular flexibility index (Phi) is 6.55. The van der Waals surface area contributed by atoms with Gasteiger partial charge in [-0.15, -0.1) is 11.3 Å². The van der Waals surface area contributed by atoms with Crippen molar-refractivity contribution >= 4 is 29.3 Å². The summed E-state index contributed by atoms with van der Waals surface area (Å²) in [6.45, 7) is 0.143. The molecule has 0 radical (unpaired) electrons. The fourth-order valence-corrected chi connectivity index (χ4v) is 5.42. The lowest BCUT2D eigenvalue weighted by Crippen LogP contribution is -2.49. The Balaban J connectivity index is 1.25. The van der Waals surface area contributed by atoms with Crippen LogP contribution in [0, 0.1) is 5.92 Å². The summed E-state index contributed by atoms with van der Waals surface area (Å²) in [6, 6.07) is 17.5. The molecule has 3 aromatic rings. The van der Waals surface area contributed by atoms with Crippen molar-refractivity contribution in [3.05, 3.63) is 82.0 Å². The number of amides is 2. The van der Waals surface area contributed by atoms with Gasteiger partial charge in [-0.1, -0.05) is 67.4 Å². The van der Waals surface area contributed by atoms with E-state index in [1.165, 1.54) is 11.3 Å². The quantitative estimate of drug-likeness (QED) is 0.403. The predicted octanol–water partition coefficient (Wildman–Crippen LogP) is 4.70. The minimum atomic E-state index is -1.16. The first kappa shape index (κ1) is 23.1. The summed E-state index contributed by atoms with van der Waals surface area (Å²) >= 11 is 1.26. The first-order valence-electron chi connectivity index (χ1n) is 11.7. The number of fused-ring (bicyclic) bond motifs is 3. The molecule has 1 fully saturated rings. The van der Waals surface area contributed by atoms with E-state index in [4.69, 9.17) is 4.74 Å². The maximum absolute atomic E-state index is 13.0. The summed E-state index contributed by atoms with van der Waals surface area (Å²) in [5, 5.41) is 16.6. The lowest BCUT2D eigenvalue weighted by molar-refractivity contribution is -0.142. The van der Waals surface area contributed by atoms with E-state index in [2.05, 4.69) is 22.8 Å². The van der Waals surface area contributed by atoms with Gasteiger partial charge in [-0.05, 0) is 46.0 Å². The van der Waals surface area contributed by atoms with E-state index in [0.29, 0.717) is 17.2 Å². The molecule has 0 saturated heterocycles. The highest BCUT2D eigenvalue weighted by molar-refractivity contribution is 7.10. The number of ether oxygens (including phenoxy) is 1. The molecule has 3 N–H and O–H groups in total. The Morgan fingerprint density at radius 2 is 1.60 bits per heavy atom. The predicted molar refractivity (Wildman–Crippen MR) is 132 cm³/mol. The summed E-state index contributed by atoms with van der Waals surface area (Å²) < 4.78 is 5.60. The number of nitrogens with one attached hydrogen (secondary N) is 2. The van der Waals surface area contributed by atoms with Crippen molar-refractivity contribution in [2.75, 3.05) is 6.61 Å². The summed E-state index contributed by atoms with van der Waals surface area (Å²) in [4.78, 5) is 38.0. The molecule has 0 spiro atoms. The van der Waals surface area contributed by atoms with Gasteiger partial charge in [0.15, 0.2) is 6.04 Å². The smallest absolute Gasteiger partial charge is 0.407 e. The van der Waals surface area contributed by atoms with Crippen molar-refractivity contribution in [3.8, 4) is 11.1 Å². The third-order valence-electron chi connectivity index (χ3n) is 6.58. The molecule has 7 nitrogen and oxygen atoms in total. The average molecular weight is 491 g/mol. The van der Waals surface area contributed by atoms with Gasteiger partial charge in [0.05, 0.1) is 0 Å². The van der Waals surface area contributed by atoms with Crippen molar-refractivity contribution in [3.63, 3.8) is 0 Å². The maximum Gasteiger partial charge on any atom is 0.407 e. The molecule has 1 saturated carbocycles. The van der Waals surface area contributed by atoms with Gasteiger partial charge in [-0.2, -0.15) is 0 Å². The van der Waals surface area contributed by atoms with Crippen molar-refractivity contribution in [1.82, 2.24) is 10.6 Å². The van der Waals surface area contributed by atoms with Gasteiger partial charge in [0.2, 0.25) is 5.91 Å². The molecular formula is C27H26N2O5S. The third-order valence-corrected chi connectivity index (χ3v) is 7.52. The van der Waals surface area contributed by atoms with Gasteiger partial charge in [0.1, 0.15) is 12.6 Å². The third kappa shape index (κ3) is 5.07. The van der Waals surface area contributed by atoms with Crippen LogP contribution in [0.3, 0.4) is 0 Å². The zero-order valence-electron chi connectivity index (χ0n) is 19.0. The van der Waals surface area contributed by atoms with E-state index in [0.717, 1.165) is 35.1 Å². The molecule has 2 amide bonds. The number of carboxylic acid groups (broad SMARTS) is 1. The second-order valence-electron chi connectivity index (χ2n) is 9.00. The first-order chi connectivity index (χ1) is 17.0. The number of aliphatic carboxylic acids is 1. The zero-order valence-corrected chi connectivity index (χ0v) is 19.8. The average Bonchev–Trinajstić information content (AvgIpc) is 3.40. The van der Waals surface area contributed by atoms with Crippen LogP contribution in [0.5, 0.6) is 0 Å². The number of benzene rings is 2. The fourth-order valence-electron chi connectivity index (χ4n) is 4.65. The first-order valence-corrected chi connectivity index (χ1v) is 12.6. The normalized spacial score (nSPS) is 16.0. The number of alkyl carbamates (subject to hydrolysis) is 1. The highest BCUT2D eigenvalue weighted by Crippen LogP contribution is 2.44. The largest absolute Gasteiger partial charge is 0.479 e. The van der Waals surface area contributed by atoms with Crippen molar-refractivity contribution in [2.24, 2.45) is 5.92 Å². The molecule has 35 heavy (non-hydrogen) atoms. The topological polar surface area (TPSA) is 105 Å². The van der Waals surface area contributed by atoms with E-state index in [1.807, 2.05) is 36.4 Å². The van der Waals surface area contributed by atoms with Crippen LogP contribution < -0.4 is 10.6 Å². The van der Waals surface area contributed by atoms with Crippen LogP contribution in [0.2, 0.25) is 0 Å². The van der Waals surface area contributed by atoms with Crippen molar-refractivity contribution in [2.45, 2.75) is 37.3 Å². The lowest BCUT2D eigenvalue weighted by Gasteiger charge is -2.21. The molecule has 2 aliphatic rings. The molecule has 1 heterocycles. The Labute approximate surface area is 207 Å². The molecule has 2 atom stereocenters. The molecule has 0 aliphatic heterocycles. The lowest BCUT2D eigenvalue weighted by atomic mass is 9.98. The Bertz CT molecular complexity index is 1190. The number of carbonyl (C=O) groups excluding carboxylic acids is 2. The van der Waals surface area contributed by atoms with Crippen LogP contribution in [0.25, 0.3) is 11.1 Å². The molecule has 1 unspecified atom stereocenters. The van der Waals surface area contributed by atoms with Gasteiger partial charge in [-0.25, -0.2) is 9.59 Å². The molecule has 2 aliphatic carbocycles. The van der Waals surface area contributed by atoms with Crippen LogP contribution in [0.1, 0.15) is 47.2 Å². The van der Waals surface area contributed by atoms with Crippen LogP contribution in [0.4, 0.5) is 4.79 Å². The van der Waals surface area contributed by atoms with E-state index < -0.39 is 30.1 Å². The molecule has 180 valence electrons. The maximum atomic E-state index is 13.0. The Morgan fingerprint density at radius 1 is 0.943 bits per heavy atom. The van der Waals surface area contributed by atoms with Crippen LogP contribution in [0.15, 0.2) is 66.0 Å². The summed E-state index contributed by atoms with van der Waals surface area (Å²) in [5.74, 6) is -1.41. The van der Waals surface area contributed by atoms with Crippen LogP contribution in [-0.4, -0.2) is 35.7 Å². The van der Waals surface area contributed by atoms with Crippen LogP contribution in [-0.2, 0) is 14.3 Å². The molecule has 0 bridgehead atoms. The van der Waals surface area contributed by atoms with E-state index in [-0.39, 0.29) is 12.5 Å². The monoisotopic (exact) mass is 490 g/mol. The second-order valence-corrected chi connectivity index (χ2v) is 9.98. The zero-order chi connectivity index (χ0) is 24.4. The number of thiophene rings is 1. The molecule has 2 aromatic carbocycles. The van der Waals surface area contributed by atoms with Gasteiger partial charge < -0.3 is 20.5 Å². The minimum absolute atomic E-state index is 0.0842. The van der Waals surface area contributed by atoms with Gasteiger partial charge >= 0.3 is 12.1 Å². The molecule has 1 aromatic heterocycles. The summed E-state index contributed by atoms with van der Waals surface area (Å²) in [7, 11) is 0. The second kappa shape index (κ2) is 9.92. The molecule has 8 heteroatoms.